The van der Waals surface area contributed by atoms with Crippen LogP contribution < -0.4 is 0 Å². The van der Waals surface area contributed by atoms with Gasteiger partial charge in [-0.15, -0.1) is 0 Å². The quantitative estimate of drug-likeness (QED) is 0.663. The second-order valence-corrected chi connectivity index (χ2v) is 5.48. The average molecular weight is 350 g/mol. The molecule has 3 aromatic rings. The number of nitrogens with zero attached hydrogens (tertiary/aromatic N) is 3. The highest BCUT2D eigenvalue weighted by Gasteiger charge is 2.04. The van der Waals surface area contributed by atoms with E-state index in [-0.39, 0.29) is 0 Å². The van der Waals surface area contributed by atoms with Crippen LogP contribution in [0.5, 0.6) is 0 Å². The van der Waals surface area contributed by atoms with E-state index in [1.54, 1.807) is 18.6 Å². The molecule has 0 unspecified atom stereocenters. The fraction of sp³-hybridized carbons (Fsp3) is 0.0556. The van der Waals surface area contributed by atoms with Gasteiger partial charge in [-0.25, -0.2) is 9.97 Å². The number of hydrogen-bond donors (Lipinski definition) is 0. The van der Waals surface area contributed by atoms with Gasteiger partial charge < -0.3 is 0 Å². The molecule has 22 heavy (non-hydrogen) atoms. The summed E-state index contributed by atoms with van der Waals surface area (Å²) >= 11 is 3.55. The van der Waals surface area contributed by atoms with Crippen LogP contribution >= 0.6 is 15.9 Å². The minimum Gasteiger partial charge on any atom is -0.260 e. The maximum absolute atomic E-state index is 4.61. The Bertz CT molecular complexity index is 821. The van der Waals surface area contributed by atoms with Crippen LogP contribution in [0.1, 0.15) is 22.6 Å². The summed E-state index contributed by atoms with van der Waals surface area (Å²) in [6.45, 7) is 0. The lowest BCUT2D eigenvalue weighted by Crippen LogP contribution is -1.96. The van der Waals surface area contributed by atoms with E-state index in [1.165, 1.54) is 5.56 Å². The zero-order valence-electron chi connectivity index (χ0n) is 11.7. The van der Waals surface area contributed by atoms with E-state index >= 15 is 0 Å². The van der Waals surface area contributed by atoms with Crippen LogP contribution in [0, 0.1) is 11.8 Å². The third kappa shape index (κ3) is 3.78. The van der Waals surface area contributed by atoms with Crippen molar-refractivity contribution in [3.63, 3.8) is 0 Å². The molecule has 0 aliphatic carbocycles. The summed E-state index contributed by atoms with van der Waals surface area (Å²) in [7, 11) is 0. The topological polar surface area (TPSA) is 38.7 Å². The molecule has 0 fully saturated rings. The molecule has 0 atom stereocenters. The predicted octanol–water partition coefficient (Wildman–Crippen LogP) is 3.62. The number of rotatable bonds is 2. The Morgan fingerprint density at radius 1 is 0.909 bits per heavy atom. The number of benzene rings is 1. The van der Waals surface area contributed by atoms with Crippen molar-refractivity contribution in [2.45, 2.75) is 6.42 Å². The molecule has 0 radical (unpaired) electrons. The lowest BCUT2D eigenvalue weighted by molar-refractivity contribution is 1.05. The molecule has 4 heteroatoms. The van der Waals surface area contributed by atoms with Crippen molar-refractivity contribution in [1.82, 2.24) is 15.0 Å². The van der Waals surface area contributed by atoms with Crippen molar-refractivity contribution in [3.8, 4) is 11.8 Å². The van der Waals surface area contributed by atoms with Crippen molar-refractivity contribution in [1.29, 1.82) is 0 Å². The van der Waals surface area contributed by atoms with Crippen molar-refractivity contribution < 1.29 is 0 Å². The zero-order valence-corrected chi connectivity index (χ0v) is 13.3. The molecule has 3 nitrogen and oxygen atoms in total. The van der Waals surface area contributed by atoms with Gasteiger partial charge in [0.15, 0.2) is 0 Å². The zero-order chi connectivity index (χ0) is 15.2. The second kappa shape index (κ2) is 6.97. The first kappa shape index (κ1) is 14.4. The van der Waals surface area contributed by atoms with Crippen LogP contribution in [0.15, 0.2) is 65.5 Å². The molecule has 0 saturated heterocycles. The van der Waals surface area contributed by atoms with E-state index in [4.69, 9.17) is 0 Å². The van der Waals surface area contributed by atoms with Gasteiger partial charge in [0.05, 0.1) is 11.9 Å². The first-order valence-electron chi connectivity index (χ1n) is 6.78. The molecule has 1 aromatic carbocycles. The van der Waals surface area contributed by atoms with Crippen LogP contribution in [-0.2, 0) is 6.42 Å². The monoisotopic (exact) mass is 349 g/mol. The summed E-state index contributed by atoms with van der Waals surface area (Å²) in [6.07, 6.45) is 5.65. The minimum absolute atomic E-state index is 0.636. The molecule has 0 saturated carbocycles. The standard InChI is InChI=1S/C18H12BrN3/c19-17-9-8-15(6-7-16-13-20-10-11-21-16)22-18(17)12-14-4-2-1-3-5-14/h1-5,8-11,13H,12H2. The molecule has 106 valence electrons. The van der Waals surface area contributed by atoms with Gasteiger partial charge in [-0.3, -0.25) is 4.98 Å². The normalized spacial score (nSPS) is 9.86. The molecule has 0 aliphatic heterocycles. The average Bonchev–Trinajstić information content (AvgIpc) is 2.57. The van der Waals surface area contributed by atoms with Crippen molar-refractivity contribution in [3.05, 3.63) is 88.2 Å². The molecule has 0 spiro atoms. The SMILES string of the molecule is Brc1ccc(C#Cc2cnccn2)nc1Cc1ccccc1. The van der Waals surface area contributed by atoms with Crippen LogP contribution in [0.3, 0.4) is 0 Å². The van der Waals surface area contributed by atoms with E-state index in [0.717, 1.165) is 22.3 Å². The molecule has 3 rings (SSSR count). The number of aromatic nitrogens is 3. The lowest BCUT2D eigenvalue weighted by atomic mass is 10.1. The Hall–Kier alpha value is -2.51. The van der Waals surface area contributed by atoms with Crippen LogP contribution in [-0.4, -0.2) is 15.0 Å². The Balaban J connectivity index is 1.86. The third-order valence-corrected chi connectivity index (χ3v) is 3.74. The van der Waals surface area contributed by atoms with Gasteiger partial charge in [-0.1, -0.05) is 30.3 Å². The van der Waals surface area contributed by atoms with Crippen LogP contribution in [0.4, 0.5) is 0 Å². The highest BCUT2D eigenvalue weighted by molar-refractivity contribution is 9.10. The highest BCUT2D eigenvalue weighted by atomic mass is 79.9. The first-order chi connectivity index (χ1) is 10.8. The molecule has 0 aliphatic rings. The molecule has 2 aromatic heterocycles. The third-order valence-electron chi connectivity index (χ3n) is 3.01. The van der Waals surface area contributed by atoms with Gasteiger partial charge in [0.1, 0.15) is 11.4 Å². The fourth-order valence-corrected chi connectivity index (χ4v) is 2.32. The Morgan fingerprint density at radius 2 is 1.73 bits per heavy atom. The Morgan fingerprint density at radius 3 is 2.50 bits per heavy atom. The highest BCUT2D eigenvalue weighted by Crippen LogP contribution is 2.18. The van der Waals surface area contributed by atoms with Gasteiger partial charge in [-0.2, -0.15) is 0 Å². The summed E-state index contributed by atoms with van der Waals surface area (Å²) in [5.74, 6) is 6.00. The van der Waals surface area contributed by atoms with Crippen molar-refractivity contribution >= 4 is 15.9 Å². The maximum Gasteiger partial charge on any atom is 0.131 e. The number of pyridine rings is 1. The lowest BCUT2D eigenvalue weighted by Gasteiger charge is -2.04. The largest absolute Gasteiger partial charge is 0.260 e. The first-order valence-corrected chi connectivity index (χ1v) is 7.58. The van der Waals surface area contributed by atoms with Gasteiger partial charge in [-0.05, 0) is 45.5 Å². The molecular formula is C18H12BrN3. The van der Waals surface area contributed by atoms with Crippen molar-refractivity contribution in [2.75, 3.05) is 0 Å². The summed E-state index contributed by atoms with van der Waals surface area (Å²) in [5.41, 5.74) is 3.54. The fourth-order valence-electron chi connectivity index (χ4n) is 1.96. The van der Waals surface area contributed by atoms with E-state index in [1.807, 2.05) is 30.3 Å². The summed E-state index contributed by atoms with van der Waals surface area (Å²) in [6, 6.07) is 14.1. The van der Waals surface area contributed by atoms with Crippen LogP contribution in [0.2, 0.25) is 0 Å². The smallest absolute Gasteiger partial charge is 0.131 e. The predicted molar refractivity (Wildman–Crippen MR) is 89.2 cm³/mol. The van der Waals surface area contributed by atoms with Crippen LogP contribution in [0.25, 0.3) is 0 Å². The van der Waals surface area contributed by atoms with Gasteiger partial charge in [0.25, 0.3) is 0 Å². The van der Waals surface area contributed by atoms with Gasteiger partial charge in [0, 0.05) is 23.3 Å². The van der Waals surface area contributed by atoms with E-state index in [2.05, 4.69) is 54.9 Å². The van der Waals surface area contributed by atoms with E-state index in [9.17, 15) is 0 Å². The second-order valence-electron chi connectivity index (χ2n) is 4.63. The summed E-state index contributed by atoms with van der Waals surface area (Å²) in [5, 5.41) is 0. The summed E-state index contributed by atoms with van der Waals surface area (Å²) in [4.78, 5) is 12.7. The Labute approximate surface area is 137 Å². The molecule has 0 N–H and O–H groups in total. The van der Waals surface area contributed by atoms with Crippen molar-refractivity contribution in [2.24, 2.45) is 0 Å². The molecule has 2 heterocycles. The molecular weight excluding hydrogens is 338 g/mol. The summed E-state index contributed by atoms with van der Waals surface area (Å²) < 4.78 is 0.987. The number of halogens is 1. The van der Waals surface area contributed by atoms with Gasteiger partial charge in [0.2, 0.25) is 0 Å². The molecule has 0 amide bonds. The molecule has 0 bridgehead atoms. The Kier molecular flexibility index (Phi) is 4.57. The van der Waals surface area contributed by atoms with E-state index < -0.39 is 0 Å². The number of hydrogen-bond acceptors (Lipinski definition) is 3. The van der Waals surface area contributed by atoms with Gasteiger partial charge >= 0.3 is 0 Å². The maximum atomic E-state index is 4.61. The minimum atomic E-state index is 0.636. The van der Waals surface area contributed by atoms with E-state index in [0.29, 0.717) is 5.69 Å².